The Morgan fingerprint density at radius 1 is 1.33 bits per heavy atom. The molecule has 0 aliphatic carbocycles. The number of nitrogens with zero attached hydrogens (tertiary/aromatic N) is 1. The zero-order chi connectivity index (χ0) is 13.1. The number of rotatable bonds is 2. The molecule has 0 aliphatic rings. The third kappa shape index (κ3) is 2.92. The number of hydrogen-bond donors (Lipinski definition) is 1. The SMILES string of the molecule is Cc1ccc(NC(=O)c2ccc(Br)cn2)c(F)c1. The molecular formula is C13H10BrFN2O. The number of nitrogens with one attached hydrogen (secondary N) is 1. The van der Waals surface area contributed by atoms with Gasteiger partial charge in [-0.25, -0.2) is 9.37 Å². The molecule has 5 heteroatoms. The van der Waals surface area contributed by atoms with E-state index in [2.05, 4.69) is 26.2 Å². The van der Waals surface area contributed by atoms with Crippen molar-refractivity contribution in [3.05, 3.63) is 58.1 Å². The quantitative estimate of drug-likeness (QED) is 0.922. The fourth-order valence-electron chi connectivity index (χ4n) is 1.42. The van der Waals surface area contributed by atoms with Crippen molar-refractivity contribution >= 4 is 27.5 Å². The van der Waals surface area contributed by atoms with Crippen LogP contribution in [0.25, 0.3) is 0 Å². The van der Waals surface area contributed by atoms with Crippen LogP contribution in [-0.2, 0) is 0 Å². The van der Waals surface area contributed by atoms with E-state index in [-0.39, 0.29) is 11.4 Å². The summed E-state index contributed by atoms with van der Waals surface area (Å²) in [5.74, 6) is -0.897. The van der Waals surface area contributed by atoms with E-state index in [1.807, 2.05) is 0 Å². The topological polar surface area (TPSA) is 42.0 Å². The largest absolute Gasteiger partial charge is 0.318 e. The Kier molecular flexibility index (Phi) is 3.72. The van der Waals surface area contributed by atoms with Crippen molar-refractivity contribution < 1.29 is 9.18 Å². The maximum absolute atomic E-state index is 13.5. The highest BCUT2D eigenvalue weighted by atomic mass is 79.9. The molecule has 1 aromatic carbocycles. The molecule has 0 bridgehead atoms. The first-order chi connectivity index (χ1) is 8.56. The van der Waals surface area contributed by atoms with E-state index in [4.69, 9.17) is 0 Å². The minimum Gasteiger partial charge on any atom is -0.318 e. The zero-order valence-electron chi connectivity index (χ0n) is 9.58. The van der Waals surface area contributed by atoms with Gasteiger partial charge in [-0.3, -0.25) is 4.79 Å². The molecule has 92 valence electrons. The lowest BCUT2D eigenvalue weighted by atomic mass is 10.2. The van der Waals surface area contributed by atoms with Crippen molar-refractivity contribution in [2.45, 2.75) is 6.92 Å². The van der Waals surface area contributed by atoms with Gasteiger partial charge < -0.3 is 5.32 Å². The number of hydrogen-bond acceptors (Lipinski definition) is 2. The average Bonchev–Trinajstić information content (AvgIpc) is 2.33. The van der Waals surface area contributed by atoms with Crippen molar-refractivity contribution in [2.24, 2.45) is 0 Å². The van der Waals surface area contributed by atoms with Crippen LogP contribution in [0.15, 0.2) is 41.0 Å². The second-order valence-electron chi connectivity index (χ2n) is 3.80. The molecule has 0 unspecified atom stereocenters. The highest BCUT2D eigenvalue weighted by molar-refractivity contribution is 9.10. The first-order valence-corrected chi connectivity index (χ1v) is 6.04. The Labute approximate surface area is 112 Å². The number of anilines is 1. The zero-order valence-corrected chi connectivity index (χ0v) is 11.2. The van der Waals surface area contributed by atoms with Gasteiger partial charge in [-0.2, -0.15) is 0 Å². The van der Waals surface area contributed by atoms with Crippen LogP contribution in [0.3, 0.4) is 0 Å². The summed E-state index contributed by atoms with van der Waals surface area (Å²) in [6.07, 6.45) is 1.51. The number of amides is 1. The van der Waals surface area contributed by atoms with Crippen LogP contribution in [0.2, 0.25) is 0 Å². The molecule has 0 saturated heterocycles. The molecule has 1 amide bonds. The molecule has 0 atom stereocenters. The van der Waals surface area contributed by atoms with Crippen LogP contribution in [0.5, 0.6) is 0 Å². The van der Waals surface area contributed by atoms with Crippen LogP contribution < -0.4 is 5.32 Å². The maximum atomic E-state index is 13.5. The molecule has 2 rings (SSSR count). The van der Waals surface area contributed by atoms with Crippen LogP contribution in [0.4, 0.5) is 10.1 Å². The van der Waals surface area contributed by atoms with E-state index < -0.39 is 11.7 Å². The molecule has 1 aromatic heterocycles. The van der Waals surface area contributed by atoms with E-state index in [9.17, 15) is 9.18 Å². The third-order valence-corrected chi connectivity index (χ3v) is 2.80. The van der Waals surface area contributed by atoms with E-state index in [1.165, 1.54) is 18.3 Å². The average molecular weight is 309 g/mol. The molecule has 0 aliphatic heterocycles. The lowest BCUT2D eigenvalue weighted by Crippen LogP contribution is -2.14. The van der Waals surface area contributed by atoms with Gasteiger partial charge in [0.05, 0.1) is 5.69 Å². The van der Waals surface area contributed by atoms with E-state index in [1.54, 1.807) is 25.1 Å². The number of aryl methyl sites for hydroxylation is 1. The first kappa shape index (κ1) is 12.7. The standard InChI is InChI=1S/C13H10BrFN2O/c1-8-2-4-11(10(15)6-8)17-13(18)12-5-3-9(14)7-16-12/h2-7H,1H3,(H,17,18). The van der Waals surface area contributed by atoms with Gasteiger partial charge in [0, 0.05) is 10.7 Å². The van der Waals surface area contributed by atoms with Crippen LogP contribution in [0, 0.1) is 12.7 Å². The maximum Gasteiger partial charge on any atom is 0.274 e. The Morgan fingerprint density at radius 2 is 2.11 bits per heavy atom. The lowest BCUT2D eigenvalue weighted by molar-refractivity contribution is 0.102. The molecule has 18 heavy (non-hydrogen) atoms. The lowest BCUT2D eigenvalue weighted by Gasteiger charge is -2.06. The molecule has 2 aromatic rings. The minimum atomic E-state index is -0.458. The molecule has 0 spiro atoms. The summed E-state index contributed by atoms with van der Waals surface area (Å²) >= 11 is 3.23. The number of carbonyl (C=O) groups is 1. The number of pyridine rings is 1. The fourth-order valence-corrected chi connectivity index (χ4v) is 1.65. The third-order valence-electron chi connectivity index (χ3n) is 2.33. The minimum absolute atomic E-state index is 0.148. The Bertz CT molecular complexity index is 584. The van der Waals surface area contributed by atoms with Crippen molar-refractivity contribution in [3.8, 4) is 0 Å². The summed E-state index contributed by atoms with van der Waals surface area (Å²) in [5, 5.41) is 2.48. The second kappa shape index (κ2) is 5.27. The van der Waals surface area contributed by atoms with Crippen molar-refractivity contribution in [3.63, 3.8) is 0 Å². The highest BCUT2D eigenvalue weighted by Crippen LogP contribution is 2.16. The summed E-state index contributed by atoms with van der Waals surface area (Å²) < 4.78 is 14.3. The van der Waals surface area contributed by atoms with Gasteiger partial charge in [-0.15, -0.1) is 0 Å². The summed E-state index contributed by atoms with van der Waals surface area (Å²) in [6, 6.07) is 7.89. The van der Waals surface area contributed by atoms with Gasteiger partial charge in [-0.05, 0) is 52.7 Å². The molecule has 0 fully saturated rings. The van der Waals surface area contributed by atoms with E-state index in [0.717, 1.165) is 10.0 Å². The number of halogens is 2. The van der Waals surface area contributed by atoms with Crippen molar-refractivity contribution in [2.75, 3.05) is 5.32 Å². The number of benzene rings is 1. The molecular weight excluding hydrogens is 299 g/mol. The molecule has 0 radical (unpaired) electrons. The molecule has 1 N–H and O–H groups in total. The Balaban J connectivity index is 2.18. The van der Waals surface area contributed by atoms with Gasteiger partial charge in [0.15, 0.2) is 0 Å². The van der Waals surface area contributed by atoms with Crippen molar-refractivity contribution in [1.82, 2.24) is 4.98 Å². The fraction of sp³-hybridized carbons (Fsp3) is 0.0769. The van der Waals surface area contributed by atoms with E-state index in [0.29, 0.717) is 0 Å². The van der Waals surface area contributed by atoms with Crippen molar-refractivity contribution in [1.29, 1.82) is 0 Å². The Hall–Kier alpha value is -1.75. The normalized spacial score (nSPS) is 10.2. The summed E-state index contributed by atoms with van der Waals surface area (Å²) in [4.78, 5) is 15.7. The summed E-state index contributed by atoms with van der Waals surface area (Å²) in [7, 11) is 0. The van der Waals surface area contributed by atoms with Gasteiger partial charge in [-0.1, -0.05) is 6.07 Å². The predicted molar refractivity (Wildman–Crippen MR) is 71.0 cm³/mol. The highest BCUT2D eigenvalue weighted by Gasteiger charge is 2.10. The predicted octanol–water partition coefficient (Wildman–Crippen LogP) is 3.54. The van der Waals surface area contributed by atoms with Gasteiger partial charge >= 0.3 is 0 Å². The van der Waals surface area contributed by atoms with Gasteiger partial charge in [0.2, 0.25) is 0 Å². The van der Waals surface area contributed by atoms with Gasteiger partial charge in [0.1, 0.15) is 11.5 Å². The molecule has 3 nitrogen and oxygen atoms in total. The first-order valence-electron chi connectivity index (χ1n) is 5.25. The van der Waals surface area contributed by atoms with Crippen LogP contribution in [0.1, 0.15) is 16.1 Å². The molecule has 1 heterocycles. The summed E-state index contributed by atoms with van der Waals surface area (Å²) in [5.41, 5.74) is 1.18. The second-order valence-corrected chi connectivity index (χ2v) is 4.71. The smallest absolute Gasteiger partial charge is 0.274 e. The van der Waals surface area contributed by atoms with Crippen LogP contribution in [-0.4, -0.2) is 10.9 Å². The van der Waals surface area contributed by atoms with Crippen LogP contribution >= 0.6 is 15.9 Å². The molecule has 0 saturated carbocycles. The Morgan fingerprint density at radius 3 is 2.72 bits per heavy atom. The van der Waals surface area contributed by atoms with E-state index >= 15 is 0 Å². The summed E-state index contributed by atoms with van der Waals surface area (Å²) in [6.45, 7) is 1.78. The number of carbonyl (C=O) groups excluding carboxylic acids is 1. The van der Waals surface area contributed by atoms with Gasteiger partial charge in [0.25, 0.3) is 5.91 Å². The number of aromatic nitrogens is 1. The monoisotopic (exact) mass is 308 g/mol.